The van der Waals surface area contributed by atoms with E-state index in [9.17, 15) is 14.4 Å². The molecule has 2 N–H and O–H groups in total. The van der Waals surface area contributed by atoms with E-state index < -0.39 is 23.6 Å². The molecule has 1 heterocycles. The molecule has 2 amide bonds. The summed E-state index contributed by atoms with van der Waals surface area (Å²) in [7, 11) is 2.65. The number of alkyl carbamates (subject to hydrolysis) is 1. The Morgan fingerprint density at radius 1 is 1.10 bits per heavy atom. The fourth-order valence-corrected chi connectivity index (χ4v) is 2.82. The molecular formula is C20H24ClN3O6. The molecule has 0 bridgehead atoms. The highest BCUT2D eigenvalue weighted by Gasteiger charge is 2.19. The summed E-state index contributed by atoms with van der Waals surface area (Å²) in [5.41, 5.74) is 0.613. The summed E-state index contributed by atoms with van der Waals surface area (Å²) in [6.07, 6.45) is -0.687. The Morgan fingerprint density at radius 2 is 1.80 bits per heavy atom. The van der Waals surface area contributed by atoms with Crippen molar-refractivity contribution in [3.63, 3.8) is 0 Å². The fourth-order valence-electron chi connectivity index (χ4n) is 2.57. The number of nitrogens with one attached hydrogen (secondary N) is 2. The molecule has 0 fully saturated rings. The molecule has 1 aromatic carbocycles. The summed E-state index contributed by atoms with van der Waals surface area (Å²) in [5.74, 6) is -0.924. The number of aromatic nitrogens is 1. The van der Waals surface area contributed by atoms with E-state index in [1.165, 1.54) is 14.2 Å². The topological polar surface area (TPSA) is 116 Å². The van der Waals surface area contributed by atoms with E-state index in [0.29, 0.717) is 21.5 Å². The van der Waals surface area contributed by atoms with Gasteiger partial charge >= 0.3 is 12.1 Å². The molecule has 1 aromatic heterocycles. The maximum absolute atomic E-state index is 12.1. The minimum absolute atomic E-state index is 0.0934. The van der Waals surface area contributed by atoms with Crippen LogP contribution < -0.4 is 15.4 Å². The normalized spacial score (nSPS) is 11.0. The lowest BCUT2D eigenvalue weighted by Crippen LogP contribution is -2.39. The standard InChI is InChI=1S/C20H24ClN3O6/c1-20(2,3)30-19(27)23-10-15(25)22-9-12-7-13(21)6-11-8-14(18(26)29-5)17(28-4)24-16(11)12/h6-8H,9-10H2,1-5H3,(H,22,25)(H,23,27). The Kier molecular flexibility index (Phi) is 7.44. The number of carbonyl (C=O) groups excluding carboxylic acids is 3. The van der Waals surface area contributed by atoms with Gasteiger partial charge in [-0.3, -0.25) is 4.79 Å². The summed E-state index contributed by atoms with van der Waals surface area (Å²) in [6, 6.07) is 4.86. The smallest absolute Gasteiger partial charge is 0.408 e. The molecule has 0 aliphatic rings. The van der Waals surface area contributed by atoms with Crippen LogP contribution in [0.5, 0.6) is 5.88 Å². The minimum atomic E-state index is -0.687. The number of benzene rings is 1. The molecule has 0 radical (unpaired) electrons. The van der Waals surface area contributed by atoms with Crippen molar-refractivity contribution in [1.29, 1.82) is 0 Å². The zero-order valence-electron chi connectivity index (χ0n) is 17.4. The molecule has 30 heavy (non-hydrogen) atoms. The number of hydrogen-bond acceptors (Lipinski definition) is 7. The summed E-state index contributed by atoms with van der Waals surface area (Å²) in [5, 5.41) is 6.05. The second kappa shape index (κ2) is 9.62. The van der Waals surface area contributed by atoms with E-state index in [4.69, 9.17) is 25.8 Å². The van der Waals surface area contributed by atoms with Gasteiger partial charge in [-0.2, -0.15) is 0 Å². The Bertz CT molecular complexity index is 971. The lowest BCUT2D eigenvalue weighted by Gasteiger charge is -2.19. The van der Waals surface area contributed by atoms with E-state index in [-0.39, 0.29) is 24.5 Å². The Hall–Kier alpha value is -3.07. The minimum Gasteiger partial charge on any atom is -0.480 e. The number of methoxy groups -OCH3 is 2. The molecule has 2 aromatic rings. The first-order valence-corrected chi connectivity index (χ1v) is 9.41. The van der Waals surface area contributed by atoms with E-state index in [1.54, 1.807) is 39.0 Å². The van der Waals surface area contributed by atoms with Crippen LogP contribution in [0.25, 0.3) is 10.9 Å². The number of hydrogen-bond donors (Lipinski definition) is 2. The van der Waals surface area contributed by atoms with Crippen LogP contribution >= 0.6 is 11.6 Å². The van der Waals surface area contributed by atoms with Gasteiger partial charge in [0.15, 0.2) is 0 Å². The van der Waals surface area contributed by atoms with Gasteiger partial charge in [-0.15, -0.1) is 0 Å². The van der Waals surface area contributed by atoms with E-state index >= 15 is 0 Å². The highest BCUT2D eigenvalue weighted by Crippen LogP contribution is 2.28. The molecule has 0 saturated carbocycles. The zero-order valence-corrected chi connectivity index (χ0v) is 18.2. The Balaban J connectivity index is 2.16. The van der Waals surface area contributed by atoms with Crippen LogP contribution in [0, 0.1) is 0 Å². The van der Waals surface area contributed by atoms with Crippen LogP contribution in [0.1, 0.15) is 36.7 Å². The van der Waals surface area contributed by atoms with E-state index in [1.807, 2.05) is 0 Å². The molecule has 0 spiro atoms. The maximum atomic E-state index is 12.1. The van der Waals surface area contributed by atoms with E-state index in [0.717, 1.165) is 0 Å². The first kappa shape index (κ1) is 23.2. The predicted octanol–water partition coefficient (Wildman–Crippen LogP) is 2.82. The quantitative estimate of drug-likeness (QED) is 0.667. The molecule has 10 heteroatoms. The number of ether oxygens (including phenoxy) is 3. The molecule has 0 unspecified atom stereocenters. The monoisotopic (exact) mass is 437 g/mol. The third-order valence-corrected chi connectivity index (χ3v) is 4.01. The van der Waals surface area contributed by atoms with Crippen molar-refractivity contribution in [2.75, 3.05) is 20.8 Å². The molecular weight excluding hydrogens is 414 g/mol. The van der Waals surface area contributed by atoms with Crippen molar-refractivity contribution in [3.8, 4) is 5.88 Å². The van der Waals surface area contributed by atoms with Crippen molar-refractivity contribution < 1.29 is 28.6 Å². The molecule has 2 rings (SSSR count). The Labute approximate surface area is 179 Å². The van der Waals surface area contributed by atoms with Crippen molar-refractivity contribution in [1.82, 2.24) is 15.6 Å². The summed E-state index contributed by atoms with van der Waals surface area (Å²) in [4.78, 5) is 40.1. The molecule has 162 valence electrons. The van der Waals surface area contributed by atoms with Gasteiger partial charge in [0, 0.05) is 17.0 Å². The van der Waals surface area contributed by atoms with Gasteiger partial charge in [0.1, 0.15) is 17.7 Å². The Morgan fingerprint density at radius 3 is 2.40 bits per heavy atom. The number of esters is 1. The highest BCUT2D eigenvalue weighted by molar-refractivity contribution is 6.31. The average Bonchev–Trinajstić information content (AvgIpc) is 2.67. The second-order valence-electron chi connectivity index (χ2n) is 7.31. The maximum Gasteiger partial charge on any atom is 0.408 e. The van der Waals surface area contributed by atoms with Crippen LogP contribution in [0.2, 0.25) is 5.02 Å². The van der Waals surface area contributed by atoms with Crippen LogP contribution in [0.3, 0.4) is 0 Å². The summed E-state index contributed by atoms with van der Waals surface area (Å²) in [6.45, 7) is 5.02. The first-order valence-electron chi connectivity index (χ1n) is 9.03. The summed E-state index contributed by atoms with van der Waals surface area (Å²) >= 11 is 6.18. The van der Waals surface area contributed by atoms with Gasteiger partial charge in [-0.05, 0) is 44.5 Å². The highest BCUT2D eigenvalue weighted by atomic mass is 35.5. The van der Waals surface area contributed by atoms with E-state index in [2.05, 4.69) is 15.6 Å². The number of carbonyl (C=O) groups is 3. The van der Waals surface area contributed by atoms with Gasteiger partial charge in [0.2, 0.25) is 11.8 Å². The van der Waals surface area contributed by atoms with Crippen LogP contribution in [0.4, 0.5) is 4.79 Å². The van der Waals surface area contributed by atoms with Gasteiger partial charge < -0.3 is 24.8 Å². The molecule has 0 atom stereocenters. The lowest BCUT2D eigenvalue weighted by molar-refractivity contribution is -0.120. The third kappa shape index (κ3) is 6.21. The zero-order chi connectivity index (χ0) is 22.5. The van der Waals surface area contributed by atoms with Crippen molar-refractivity contribution in [2.45, 2.75) is 32.9 Å². The number of fused-ring (bicyclic) bond motifs is 1. The van der Waals surface area contributed by atoms with Crippen molar-refractivity contribution in [2.24, 2.45) is 0 Å². The molecule has 0 aliphatic heterocycles. The first-order chi connectivity index (χ1) is 14.0. The van der Waals surface area contributed by atoms with Gasteiger partial charge in [0.05, 0.1) is 19.7 Å². The fraction of sp³-hybridized carbons (Fsp3) is 0.400. The number of pyridine rings is 1. The second-order valence-corrected chi connectivity index (χ2v) is 7.74. The van der Waals surface area contributed by atoms with Crippen LogP contribution in [0.15, 0.2) is 18.2 Å². The molecule has 0 aliphatic carbocycles. The number of rotatable bonds is 6. The van der Waals surface area contributed by atoms with Crippen molar-refractivity contribution >= 4 is 40.5 Å². The average molecular weight is 438 g/mol. The lowest BCUT2D eigenvalue weighted by atomic mass is 10.1. The van der Waals surface area contributed by atoms with Gasteiger partial charge in [-0.1, -0.05) is 11.6 Å². The molecule has 9 nitrogen and oxygen atoms in total. The predicted molar refractivity (Wildman–Crippen MR) is 111 cm³/mol. The van der Waals surface area contributed by atoms with Crippen LogP contribution in [-0.4, -0.2) is 49.3 Å². The number of nitrogens with zero attached hydrogens (tertiary/aromatic N) is 1. The van der Waals surface area contributed by atoms with Gasteiger partial charge in [0.25, 0.3) is 0 Å². The SMILES string of the molecule is COC(=O)c1cc2cc(Cl)cc(CNC(=O)CNC(=O)OC(C)(C)C)c2nc1OC. The van der Waals surface area contributed by atoms with Crippen LogP contribution in [-0.2, 0) is 20.8 Å². The van der Waals surface area contributed by atoms with Crippen molar-refractivity contribution in [3.05, 3.63) is 34.3 Å². The number of amides is 2. The van der Waals surface area contributed by atoms with Gasteiger partial charge in [-0.25, -0.2) is 14.6 Å². The third-order valence-electron chi connectivity index (χ3n) is 3.79. The molecule has 0 saturated heterocycles. The summed E-state index contributed by atoms with van der Waals surface area (Å²) < 4.78 is 15.0. The number of halogens is 1. The largest absolute Gasteiger partial charge is 0.480 e.